The SMILES string of the molecule is C=CCn1c(COc2ccc(Cl)cc2)nnc1SCC(=O)Nc1scc(-c2ccccc2)c1C(=O)OCC. The number of nitrogens with one attached hydrogen (secondary N) is 1. The van der Waals surface area contributed by atoms with E-state index in [1.807, 2.05) is 40.3 Å². The zero-order valence-corrected chi connectivity index (χ0v) is 22.9. The zero-order chi connectivity index (χ0) is 26.9. The number of esters is 1. The average Bonchev–Trinajstić information content (AvgIpc) is 3.52. The topological polar surface area (TPSA) is 95.3 Å². The zero-order valence-electron chi connectivity index (χ0n) is 20.6. The van der Waals surface area contributed by atoms with E-state index in [9.17, 15) is 9.59 Å². The average molecular weight is 569 g/mol. The van der Waals surface area contributed by atoms with E-state index >= 15 is 0 Å². The van der Waals surface area contributed by atoms with E-state index in [4.69, 9.17) is 21.1 Å². The molecule has 0 aliphatic rings. The number of carbonyl (C=O) groups excluding carboxylic acids is 2. The van der Waals surface area contributed by atoms with Crippen LogP contribution in [0, 0.1) is 0 Å². The summed E-state index contributed by atoms with van der Waals surface area (Å²) >= 11 is 8.44. The molecule has 0 radical (unpaired) electrons. The quantitative estimate of drug-likeness (QED) is 0.121. The summed E-state index contributed by atoms with van der Waals surface area (Å²) < 4.78 is 12.9. The van der Waals surface area contributed by atoms with Crippen LogP contribution in [0.15, 0.2) is 77.8 Å². The van der Waals surface area contributed by atoms with Crippen LogP contribution in [0.2, 0.25) is 5.02 Å². The number of rotatable bonds is 12. The molecule has 38 heavy (non-hydrogen) atoms. The summed E-state index contributed by atoms with van der Waals surface area (Å²) in [5, 5.41) is 14.8. The van der Waals surface area contributed by atoms with Gasteiger partial charge in [0.2, 0.25) is 5.91 Å². The Morgan fingerprint density at radius 1 is 1.16 bits per heavy atom. The first-order valence-corrected chi connectivity index (χ1v) is 13.9. The maximum absolute atomic E-state index is 12.9. The highest BCUT2D eigenvalue weighted by Gasteiger charge is 2.23. The maximum atomic E-state index is 12.9. The summed E-state index contributed by atoms with van der Waals surface area (Å²) in [6.45, 7) is 6.42. The molecule has 8 nitrogen and oxygen atoms in total. The van der Waals surface area contributed by atoms with E-state index in [1.54, 1.807) is 37.3 Å². The van der Waals surface area contributed by atoms with Gasteiger partial charge in [-0.25, -0.2) is 4.79 Å². The molecule has 0 bridgehead atoms. The molecule has 1 N–H and O–H groups in total. The Kier molecular flexibility index (Phi) is 9.58. The number of thiophene rings is 1. The van der Waals surface area contributed by atoms with Gasteiger partial charge >= 0.3 is 5.97 Å². The van der Waals surface area contributed by atoms with Gasteiger partial charge in [-0.1, -0.05) is 59.8 Å². The van der Waals surface area contributed by atoms with Crippen LogP contribution in [0.1, 0.15) is 23.1 Å². The molecule has 0 atom stereocenters. The van der Waals surface area contributed by atoms with Gasteiger partial charge < -0.3 is 14.8 Å². The molecule has 0 spiro atoms. The number of thioether (sulfide) groups is 1. The van der Waals surface area contributed by atoms with E-state index < -0.39 is 5.97 Å². The number of benzene rings is 2. The van der Waals surface area contributed by atoms with Crippen LogP contribution < -0.4 is 10.1 Å². The van der Waals surface area contributed by atoms with Crippen LogP contribution in [0.5, 0.6) is 5.75 Å². The Hall–Kier alpha value is -3.60. The molecular weight excluding hydrogens is 544 g/mol. The monoisotopic (exact) mass is 568 g/mol. The minimum absolute atomic E-state index is 0.0636. The first kappa shape index (κ1) is 27.4. The standard InChI is InChI=1S/C27H25ClN4O4S2/c1-3-14-32-22(15-36-20-12-10-19(28)11-13-20)30-31-27(32)38-17-23(33)29-25-24(26(34)35-4-2)21(16-37-25)18-8-6-5-7-9-18/h3,5-13,16H,1,4,14-15,17H2,2H3,(H,29,33). The number of allylic oxidation sites excluding steroid dienone is 1. The van der Waals surface area contributed by atoms with Crippen molar-refractivity contribution in [1.29, 1.82) is 0 Å². The molecular formula is C27H25ClN4O4S2. The van der Waals surface area contributed by atoms with Crippen molar-refractivity contribution in [3.63, 3.8) is 0 Å². The van der Waals surface area contributed by atoms with Gasteiger partial charge in [-0.15, -0.1) is 28.1 Å². The fourth-order valence-corrected chi connectivity index (χ4v) is 5.37. The third kappa shape index (κ3) is 6.83. The maximum Gasteiger partial charge on any atom is 0.341 e. The molecule has 2 aromatic heterocycles. The predicted molar refractivity (Wildman–Crippen MR) is 151 cm³/mol. The molecule has 4 rings (SSSR count). The lowest BCUT2D eigenvalue weighted by Crippen LogP contribution is -2.17. The van der Waals surface area contributed by atoms with Crippen molar-refractivity contribution < 1.29 is 19.1 Å². The van der Waals surface area contributed by atoms with Gasteiger partial charge in [0.25, 0.3) is 0 Å². The molecule has 0 aliphatic heterocycles. The van der Waals surface area contributed by atoms with Crippen molar-refractivity contribution in [2.45, 2.75) is 25.2 Å². The van der Waals surface area contributed by atoms with Gasteiger partial charge in [-0.2, -0.15) is 0 Å². The Morgan fingerprint density at radius 3 is 2.63 bits per heavy atom. The molecule has 0 saturated heterocycles. The fraction of sp³-hybridized carbons (Fsp3) is 0.185. The predicted octanol–water partition coefficient (Wildman–Crippen LogP) is 6.33. The Balaban J connectivity index is 1.44. The Morgan fingerprint density at radius 2 is 1.92 bits per heavy atom. The van der Waals surface area contributed by atoms with Crippen LogP contribution in [-0.4, -0.2) is 39.0 Å². The van der Waals surface area contributed by atoms with Gasteiger partial charge in [0.15, 0.2) is 11.0 Å². The van der Waals surface area contributed by atoms with Crippen molar-refractivity contribution >= 4 is 51.6 Å². The summed E-state index contributed by atoms with van der Waals surface area (Å²) in [7, 11) is 0. The van der Waals surface area contributed by atoms with Crippen molar-refractivity contribution in [3.8, 4) is 16.9 Å². The molecule has 2 heterocycles. The highest BCUT2D eigenvalue weighted by molar-refractivity contribution is 7.99. The Bertz CT molecular complexity index is 1400. The lowest BCUT2D eigenvalue weighted by atomic mass is 10.0. The van der Waals surface area contributed by atoms with Gasteiger partial charge in [-0.3, -0.25) is 9.36 Å². The molecule has 196 valence electrons. The van der Waals surface area contributed by atoms with Crippen LogP contribution >= 0.6 is 34.7 Å². The number of carbonyl (C=O) groups is 2. The Labute approximate surface area is 233 Å². The van der Waals surface area contributed by atoms with Crippen LogP contribution in [0.25, 0.3) is 11.1 Å². The number of amides is 1. The van der Waals surface area contributed by atoms with E-state index in [2.05, 4.69) is 22.1 Å². The van der Waals surface area contributed by atoms with Crippen molar-refractivity contribution in [3.05, 3.63) is 89.0 Å². The van der Waals surface area contributed by atoms with Crippen LogP contribution in [0.4, 0.5) is 5.00 Å². The minimum Gasteiger partial charge on any atom is -0.486 e. The molecule has 0 unspecified atom stereocenters. The summed E-state index contributed by atoms with van der Waals surface area (Å²) in [4.78, 5) is 25.6. The number of ether oxygens (including phenoxy) is 2. The lowest BCUT2D eigenvalue weighted by molar-refractivity contribution is -0.113. The molecule has 1 amide bonds. The third-order valence-corrected chi connectivity index (χ3v) is 7.34. The van der Waals surface area contributed by atoms with Crippen molar-refractivity contribution in [1.82, 2.24) is 14.8 Å². The number of halogens is 1. The molecule has 2 aromatic carbocycles. The van der Waals surface area contributed by atoms with E-state index in [0.717, 1.165) is 5.56 Å². The summed E-state index contributed by atoms with van der Waals surface area (Å²) in [6.07, 6.45) is 1.72. The highest BCUT2D eigenvalue weighted by Crippen LogP contribution is 2.36. The van der Waals surface area contributed by atoms with Gasteiger partial charge in [0.05, 0.1) is 12.4 Å². The fourth-order valence-electron chi connectivity index (χ4n) is 3.50. The van der Waals surface area contributed by atoms with Crippen molar-refractivity contribution in [2.75, 3.05) is 17.7 Å². The summed E-state index contributed by atoms with van der Waals surface area (Å²) in [5.74, 6) is 0.548. The molecule has 0 fully saturated rings. The third-order valence-electron chi connectivity index (χ3n) is 5.23. The van der Waals surface area contributed by atoms with E-state index in [-0.39, 0.29) is 24.9 Å². The second-order valence-electron chi connectivity index (χ2n) is 7.82. The minimum atomic E-state index is -0.480. The summed E-state index contributed by atoms with van der Waals surface area (Å²) in [5.41, 5.74) is 1.93. The van der Waals surface area contributed by atoms with Gasteiger partial charge in [0.1, 0.15) is 22.9 Å². The number of hydrogen-bond acceptors (Lipinski definition) is 8. The smallest absolute Gasteiger partial charge is 0.341 e. The lowest BCUT2D eigenvalue weighted by Gasteiger charge is -2.10. The molecule has 11 heteroatoms. The number of anilines is 1. The van der Waals surface area contributed by atoms with Crippen LogP contribution in [-0.2, 0) is 22.7 Å². The second-order valence-corrected chi connectivity index (χ2v) is 10.1. The molecule has 0 aliphatic carbocycles. The van der Waals surface area contributed by atoms with E-state index in [0.29, 0.717) is 44.4 Å². The summed E-state index contributed by atoms with van der Waals surface area (Å²) in [6, 6.07) is 16.5. The first-order chi connectivity index (χ1) is 18.5. The molecule has 4 aromatic rings. The largest absolute Gasteiger partial charge is 0.486 e. The number of hydrogen-bond donors (Lipinski definition) is 1. The number of nitrogens with zero attached hydrogens (tertiary/aromatic N) is 3. The highest BCUT2D eigenvalue weighted by atomic mass is 35.5. The van der Waals surface area contributed by atoms with Gasteiger partial charge in [0, 0.05) is 22.5 Å². The normalized spacial score (nSPS) is 10.7. The van der Waals surface area contributed by atoms with Crippen molar-refractivity contribution in [2.24, 2.45) is 0 Å². The molecule has 0 saturated carbocycles. The van der Waals surface area contributed by atoms with E-state index in [1.165, 1.54) is 23.1 Å². The van der Waals surface area contributed by atoms with Gasteiger partial charge in [-0.05, 0) is 36.8 Å². The van der Waals surface area contributed by atoms with Crippen LogP contribution in [0.3, 0.4) is 0 Å². The second kappa shape index (κ2) is 13.3. The number of aromatic nitrogens is 3. The first-order valence-electron chi connectivity index (χ1n) is 11.7.